The van der Waals surface area contributed by atoms with Crippen LogP contribution in [0.3, 0.4) is 0 Å². The highest BCUT2D eigenvalue weighted by atomic mass is 32.2. The molecule has 12 heteroatoms. The molecule has 0 aromatic carbocycles. The van der Waals surface area contributed by atoms with Gasteiger partial charge in [0.05, 0.1) is 24.4 Å². The molecule has 7 aliphatic rings. The Hall–Kier alpha value is -0.530. The molecule has 5 saturated carbocycles. The molecular weight excluding hydrogens is 520 g/mol. The highest BCUT2D eigenvalue weighted by molar-refractivity contribution is 7.86. The molecule has 10 unspecified atom stereocenters. The summed E-state index contributed by atoms with van der Waals surface area (Å²) in [7, 11) is -5.46. The second kappa shape index (κ2) is 7.81. The zero-order valence-corrected chi connectivity index (χ0v) is 21.5. The van der Waals surface area contributed by atoms with Gasteiger partial charge in [0.2, 0.25) is 5.92 Å². The minimum absolute atomic E-state index is 0.0232. The van der Waals surface area contributed by atoms with Gasteiger partial charge in [-0.05, 0) is 68.1 Å². The second-order valence-corrected chi connectivity index (χ2v) is 14.6. The summed E-state index contributed by atoms with van der Waals surface area (Å²) in [5.41, 5.74) is 0. The SMILES string of the molecule is CC(F)(F)CC1CC2CC1C1OC3(CCC4(CC3)OC3C5CC(CC(F)(F)S(=O)(=O)O)C(C5)C3O4)OC21. The fraction of sp³-hybridized carbons (Fsp3) is 1.00. The Balaban J connectivity index is 0.989. The van der Waals surface area contributed by atoms with Crippen molar-refractivity contribution in [2.75, 3.05) is 0 Å². The van der Waals surface area contributed by atoms with Crippen molar-refractivity contribution in [3.8, 4) is 0 Å². The fourth-order valence-electron chi connectivity index (χ4n) is 9.28. The largest absolute Gasteiger partial charge is 0.370 e. The molecule has 0 amide bonds. The zero-order valence-electron chi connectivity index (χ0n) is 20.7. The molecule has 4 bridgehead atoms. The minimum Gasteiger partial charge on any atom is -0.344 e. The minimum atomic E-state index is -5.46. The maximum atomic E-state index is 14.1. The molecule has 2 spiro atoms. The van der Waals surface area contributed by atoms with Crippen LogP contribution in [0.5, 0.6) is 0 Å². The van der Waals surface area contributed by atoms with Crippen LogP contribution >= 0.6 is 0 Å². The van der Waals surface area contributed by atoms with Crippen molar-refractivity contribution < 1.29 is 49.5 Å². The van der Waals surface area contributed by atoms with Gasteiger partial charge in [-0.15, -0.1) is 0 Å². The van der Waals surface area contributed by atoms with Crippen LogP contribution in [-0.4, -0.2) is 60.1 Å². The first kappa shape index (κ1) is 25.4. The molecule has 5 aliphatic carbocycles. The summed E-state index contributed by atoms with van der Waals surface area (Å²) in [6.45, 7) is 0.982. The van der Waals surface area contributed by atoms with E-state index in [2.05, 4.69) is 0 Å². The predicted octanol–water partition coefficient (Wildman–Crippen LogP) is 4.75. The Morgan fingerprint density at radius 1 is 0.730 bits per heavy atom. The van der Waals surface area contributed by atoms with Crippen molar-refractivity contribution >= 4 is 10.1 Å². The molecule has 0 aromatic rings. The van der Waals surface area contributed by atoms with E-state index >= 15 is 0 Å². The van der Waals surface area contributed by atoms with Gasteiger partial charge in [0.15, 0.2) is 11.6 Å². The van der Waals surface area contributed by atoms with Crippen molar-refractivity contribution in [3.05, 3.63) is 0 Å². The van der Waals surface area contributed by atoms with E-state index in [0.717, 1.165) is 19.8 Å². The molecule has 2 aliphatic heterocycles. The van der Waals surface area contributed by atoms with Gasteiger partial charge in [-0.3, -0.25) is 4.55 Å². The molecule has 2 heterocycles. The number of ether oxygens (including phenoxy) is 4. The standard InChI is InChI=1S/C25H34F4O7S/c1-22(26,27)10-14-6-12-8-16(14)20-18(12)33-23(35-20)2-4-24(5-3-23)34-19-13-7-15(17(9-13)21(19)36-24)11-25(28,29)37(30,31)32/h12-21H,2-11H2,1H3,(H,30,31,32). The van der Waals surface area contributed by atoms with Crippen molar-refractivity contribution in [2.24, 2.45) is 35.5 Å². The molecular formula is C25H34F4O7S. The molecule has 7 fully saturated rings. The lowest BCUT2D eigenvalue weighted by molar-refractivity contribution is -0.272. The van der Waals surface area contributed by atoms with Crippen LogP contribution < -0.4 is 0 Å². The fourth-order valence-corrected chi connectivity index (χ4v) is 9.70. The lowest BCUT2D eigenvalue weighted by atomic mass is 9.82. The smallest absolute Gasteiger partial charge is 0.344 e. The van der Waals surface area contributed by atoms with Crippen molar-refractivity contribution in [3.63, 3.8) is 0 Å². The molecule has 7 nitrogen and oxygen atoms in total. The summed E-state index contributed by atoms with van der Waals surface area (Å²) in [6.07, 6.45) is 3.08. The van der Waals surface area contributed by atoms with Gasteiger partial charge in [-0.1, -0.05) is 0 Å². The monoisotopic (exact) mass is 554 g/mol. The van der Waals surface area contributed by atoms with Crippen molar-refractivity contribution in [2.45, 2.75) is 118 Å². The van der Waals surface area contributed by atoms with Crippen molar-refractivity contribution in [1.29, 1.82) is 0 Å². The predicted molar refractivity (Wildman–Crippen MR) is 119 cm³/mol. The first-order chi connectivity index (χ1) is 17.2. The van der Waals surface area contributed by atoms with E-state index in [1.165, 1.54) is 0 Å². The van der Waals surface area contributed by atoms with E-state index in [-0.39, 0.29) is 60.4 Å². The van der Waals surface area contributed by atoms with Crippen LogP contribution in [0.15, 0.2) is 0 Å². The highest BCUT2D eigenvalue weighted by Gasteiger charge is 2.67. The average Bonchev–Trinajstić information content (AvgIpc) is 3.56. The van der Waals surface area contributed by atoms with E-state index in [4.69, 9.17) is 23.5 Å². The Kier molecular flexibility index (Phi) is 5.37. The quantitative estimate of drug-likeness (QED) is 0.388. The third-order valence-electron chi connectivity index (χ3n) is 10.7. The van der Waals surface area contributed by atoms with Crippen LogP contribution in [0.2, 0.25) is 0 Å². The van der Waals surface area contributed by atoms with E-state index in [1.54, 1.807) is 0 Å². The van der Waals surface area contributed by atoms with E-state index in [0.29, 0.717) is 38.5 Å². The molecule has 210 valence electrons. The average molecular weight is 555 g/mol. The van der Waals surface area contributed by atoms with Gasteiger partial charge in [0.1, 0.15) is 0 Å². The molecule has 1 N–H and O–H groups in total. The van der Waals surface area contributed by atoms with Gasteiger partial charge in [0.25, 0.3) is 0 Å². The summed E-state index contributed by atoms with van der Waals surface area (Å²) in [6, 6.07) is 0. The normalized spacial score (nSPS) is 52.5. The van der Waals surface area contributed by atoms with Gasteiger partial charge in [0, 0.05) is 38.5 Å². The number of halogens is 4. The Labute approximate surface area is 213 Å². The number of hydrogen-bond acceptors (Lipinski definition) is 6. The lowest BCUT2D eigenvalue weighted by Gasteiger charge is -2.41. The first-order valence-corrected chi connectivity index (χ1v) is 15.0. The summed E-state index contributed by atoms with van der Waals surface area (Å²) in [4.78, 5) is 0. The van der Waals surface area contributed by atoms with Crippen LogP contribution in [0, 0.1) is 35.5 Å². The molecule has 37 heavy (non-hydrogen) atoms. The number of rotatable bonds is 5. The van der Waals surface area contributed by atoms with E-state index in [9.17, 15) is 26.0 Å². The van der Waals surface area contributed by atoms with Crippen molar-refractivity contribution in [1.82, 2.24) is 0 Å². The number of hydrogen-bond donors (Lipinski definition) is 1. The summed E-state index contributed by atoms with van der Waals surface area (Å²) < 4.78 is 113. The molecule has 7 rings (SSSR count). The third-order valence-corrected chi connectivity index (χ3v) is 11.6. The summed E-state index contributed by atoms with van der Waals surface area (Å²) in [5.74, 6) is -4.75. The van der Waals surface area contributed by atoms with Gasteiger partial charge in [-0.25, -0.2) is 8.78 Å². The first-order valence-electron chi connectivity index (χ1n) is 13.6. The second-order valence-electron chi connectivity index (χ2n) is 13.1. The van der Waals surface area contributed by atoms with E-state index in [1.807, 2.05) is 0 Å². The topological polar surface area (TPSA) is 91.3 Å². The van der Waals surface area contributed by atoms with E-state index < -0.39 is 45.2 Å². The molecule has 0 radical (unpaired) electrons. The summed E-state index contributed by atoms with van der Waals surface area (Å²) in [5, 5.41) is -4.17. The maximum Gasteiger partial charge on any atom is 0.370 e. The maximum absolute atomic E-state index is 14.1. The molecule has 0 aromatic heterocycles. The van der Waals surface area contributed by atoms with Crippen LogP contribution in [0.4, 0.5) is 17.6 Å². The van der Waals surface area contributed by atoms with Crippen LogP contribution in [0.1, 0.15) is 71.1 Å². The Morgan fingerprint density at radius 2 is 1.14 bits per heavy atom. The Morgan fingerprint density at radius 3 is 1.54 bits per heavy atom. The van der Waals surface area contributed by atoms with Crippen LogP contribution in [-0.2, 0) is 29.1 Å². The Bertz CT molecular complexity index is 1060. The van der Waals surface area contributed by atoms with Gasteiger partial charge in [-0.2, -0.15) is 17.2 Å². The molecule has 10 atom stereocenters. The van der Waals surface area contributed by atoms with Crippen LogP contribution in [0.25, 0.3) is 0 Å². The number of fused-ring (bicyclic) bond motifs is 10. The number of alkyl halides is 4. The lowest BCUT2D eigenvalue weighted by Crippen LogP contribution is -2.46. The third kappa shape index (κ3) is 3.94. The highest BCUT2D eigenvalue weighted by Crippen LogP contribution is 2.63. The van der Waals surface area contributed by atoms with Gasteiger partial charge >= 0.3 is 15.4 Å². The van der Waals surface area contributed by atoms with Gasteiger partial charge < -0.3 is 18.9 Å². The molecule has 2 saturated heterocycles. The summed E-state index contributed by atoms with van der Waals surface area (Å²) >= 11 is 0. The zero-order chi connectivity index (χ0) is 26.2.